The molecule has 17 heavy (non-hydrogen) atoms. The summed E-state index contributed by atoms with van der Waals surface area (Å²) in [7, 11) is 1.52. The molecule has 1 aromatic carbocycles. The molecule has 0 aromatic heterocycles. The molecule has 1 saturated heterocycles. The van der Waals surface area contributed by atoms with Crippen molar-refractivity contribution in [2.24, 2.45) is 0 Å². The highest BCUT2D eigenvalue weighted by molar-refractivity contribution is 6.06. The summed E-state index contributed by atoms with van der Waals surface area (Å²) in [6.07, 6.45) is 0.239. The topological polar surface area (TPSA) is 49.4 Å². The van der Waals surface area contributed by atoms with E-state index in [1.54, 1.807) is 0 Å². The van der Waals surface area contributed by atoms with Crippen LogP contribution in [0, 0.1) is 13.8 Å². The third-order valence-corrected chi connectivity index (χ3v) is 3.09. The molecular weight excluding hydrogens is 216 g/mol. The summed E-state index contributed by atoms with van der Waals surface area (Å²) in [4.78, 5) is 24.3. The van der Waals surface area contributed by atoms with E-state index in [0.29, 0.717) is 0 Å². The van der Waals surface area contributed by atoms with Crippen LogP contribution in [0.3, 0.4) is 0 Å². The molecular formula is C13H16N2O2. The number of hydrogen-bond donors (Lipinski definition) is 1. The van der Waals surface area contributed by atoms with Gasteiger partial charge in [0.05, 0.1) is 6.42 Å². The van der Waals surface area contributed by atoms with E-state index >= 15 is 0 Å². The Morgan fingerprint density at radius 1 is 1.29 bits per heavy atom. The Balaban J connectivity index is 2.17. The summed E-state index contributed by atoms with van der Waals surface area (Å²) in [5, 5.41) is 3.13. The third kappa shape index (κ3) is 2.16. The van der Waals surface area contributed by atoms with E-state index in [9.17, 15) is 9.59 Å². The first-order valence-electron chi connectivity index (χ1n) is 5.63. The zero-order chi connectivity index (χ0) is 12.6. The lowest BCUT2D eigenvalue weighted by Crippen LogP contribution is -2.31. The van der Waals surface area contributed by atoms with E-state index in [1.807, 2.05) is 32.0 Å². The molecule has 2 amide bonds. The normalized spacial score (nSPS) is 19.9. The van der Waals surface area contributed by atoms with Gasteiger partial charge >= 0.3 is 0 Å². The molecule has 0 saturated carbocycles. The first kappa shape index (κ1) is 11.6. The van der Waals surface area contributed by atoms with Crippen LogP contribution in [-0.4, -0.2) is 29.8 Å². The van der Waals surface area contributed by atoms with E-state index in [0.717, 1.165) is 11.3 Å². The standard InChI is InChI=1S/C13H16N2O2/c1-8-4-5-10(9(2)6-8)14-11-7-12(16)15(3)13(11)17/h4-6,11,14H,7H2,1-3H3. The van der Waals surface area contributed by atoms with Gasteiger partial charge in [-0.05, 0) is 25.5 Å². The summed E-state index contributed by atoms with van der Waals surface area (Å²) in [5.41, 5.74) is 3.18. The lowest BCUT2D eigenvalue weighted by atomic mass is 10.1. The first-order chi connectivity index (χ1) is 7.99. The van der Waals surface area contributed by atoms with Gasteiger partial charge in [-0.15, -0.1) is 0 Å². The molecule has 2 rings (SSSR count). The van der Waals surface area contributed by atoms with Gasteiger partial charge in [0, 0.05) is 12.7 Å². The van der Waals surface area contributed by atoms with Crippen LogP contribution in [0.4, 0.5) is 5.69 Å². The molecule has 1 heterocycles. The Bertz CT molecular complexity index is 482. The Hall–Kier alpha value is -1.84. The number of likely N-dealkylation sites (tertiary alicyclic amines) is 1. The van der Waals surface area contributed by atoms with Crippen LogP contribution in [0.15, 0.2) is 18.2 Å². The molecule has 1 aliphatic rings. The van der Waals surface area contributed by atoms with E-state index in [-0.39, 0.29) is 18.2 Å². The maximum absolute atomic E-state index is 11.7. The van der Waals surface area contributed by atoms with E-state index in [2.05, 4.69) is 5.32 Å². The Morgan fingerprint density at radius 3 is 2.53 bits per heavy atom. The number of nitrogens with one attached hydrogen (secondary N) is 1. The predicted molar refractivity (Wildman–Crippen MR) is 65.7 cm³/mol. The fraction of sp³-hybridized carbons (Fsp3) is 0.385. The van der Waals surface area contributed by atoms with Crippen LogP contribution in [0.25, 0.3) is 0 Å². The molecule has 1 aromatic rings. The maximum atomic E-state index is 11.7. The maximum Gasteiger partial charge on any atom is 0.251 e. The molecule has 1 atom stereocenters. The zero-order valence-electron chi connectivity index (χ0n) is 10.3. The molecule has 1 unspecified atom stereocenters. The summed E-state index contributed by atoms with van der Waals surface area (Å²) >= 11 is 0. The van der Waals surface area contributed by atoms with Gasteiger partial charge in [0.2, 0.25) is 5.91 Å². The van der Waals surface area contributed by atoms with Gasteiger partial charge in [-0.2, -0.15) is 0 Å². The van der Waals surface area contributed by atoms with Gasteiger partial charge in [0.25, 0.3) is 5.91 Å². The number of likely N-dealkylation sites (N-methyl/N-ethyl adjacent to an activating group) is 1. The van der Waals surface area contributed by atoms with Crippen LogP contribution in [-0.2, 0) is 9.59 Å². The number of anilines is 1. The number of rotatable bonds is 2. The number of aryl methyl sites for hydroxylation is 2. The van der Waals surface area contributed by atoms with Crippen molar-refractivity contribution in [3.05, 3.63) is 29.3 Å². The lowest BCUT2D eigenvalue weighted by Gasteiger charge is -2.14. The average Bonchev–Trinajstić information content (AvgIpc) is 2.50. The lowest BCUT2D eigenvalue weighted by molar-refractivity contribution is -0.136. The van der Waals surface area contributed by atoms with Crippen molar-refractivity contribution in [2.75, 3.05) is 12.4 Å². The molecule has 0 aliphatic carbocycles. The minimum absolute atomic E-state index is 0.128. The van der Waals surface area contributed by atoms with E-state index in [4.69, 9.17) is 0 Å². The van der Waals surface area contributed by atoms with Crippen LogP contribution in [0.2, 0.25) is 0 Å². The smallest absolute Gasteiger partial charge is 0.251 e. The quantitative estimate of drug-likeness (QED) is 0.786. The molecule has 4 nitrogen and oxygen atoms in total. The fourth-order valence-electron chi connectivity index (χ4n) is 2.03. The highest BCUT2D eigenvalue weighted by Gasteiger charge is 2.35. The molecule has 0 radical (unpaired) electrons. The number of nitrogens with zero attached hydrogens (tertiary/aromatic N) is 1. The SMILES string of the molecule is Cc1ccc(NC2CC(=O)N(C)C2=O)c(C)c1. The van der Waals surface area contributed by atoms with Crippen molar-refractivity contribution in [3.8, 4) is 0 Å². The molecule has 1 fully saturated rings. The van der Waals surface area contributed by atoms with Crippen molar-refractivity contribution < 1.29 is 9.59 Å². The summed E-state index contributed by atoms with van der Waals surface area (Å²) in [6, 6.07) is 5.56. The molecule has 90 valence electrons. The second-order valence-corrected chi connectivity index (χ2v) is 4.51. The summed E-state index contributed by atoms with van der Waals surface area (Å²) in [6.45, 7) is 4.01. The number of carbonyl (C=O) groups is 2. The molecule has 0 spiro atoms. The highest BCUT2D eigenvalue weighted by atomic mass is 16.2. The van der Waals surface area contributed by atoms with Crippen molar-refractivity contribution >= 4 is 17.5 Å². The van der Waals surface area contributed by atoms with E-state index < -0.39 is 6.04 Å². The Labute approximate surface area is 101 Å². The zero-order valence-corrected chi connectivity index (χ0v) is 10.3. The average molecular weight is 232 g/mol. The molecule has 0 bridgehead atoms. The number of amides is 2. The molecule has 1 aliphatic heterocycles. The number of benzene rings is 1. The van der Waals surface area contributed by atoms with Gasteiger partial charge in [0.1, 0.15) is 6.04 Å². The van der Waals surface area contributed by atoms with Crippen molar-refractivity contribution in [1.82, 2.24) is 4.90 Å². The van der Waals surface area contributed by atoms with Gasteiger partial charge in [-0.1, -0.05) is 17.7 Å². The molecule has 4 heteroatoms. The Kier molecular flexibility index (Phi) is 2.88. The first-order valence-corrected chi connectivity index (χ1v) is 5.63. The highest BCUT2D eigenvalue weighted by Crippen LogP contribution is 2.21. The minimum Gasteiger partial charge on any atom is -0.373 e. The third-order valence-electron chi connectivity index (χ3n) is 3.09. The van der Waals surface area contributed by atoms with Crippen molar-refractivity contribution in [3.63, 3.8) is 0 Å². The van der Waals surface area contributed by atoms with Crippen molar-refractivity contribution in [1.29, 1.82) is 0 Å². The summed E-state index contributed by atoms with van der Waals surface area (Å²) < 4.78 is 0. The second kappa shape index (κ2) is 4.20. The van der Waals surface area contributed by atoms with Gasteiger partial charge in [-0.3, -0.25) is 14.5 Å². The number of imide groups is 1. The van der Waals surface area contributed by atoms with Gasteiger partial charge in [-0.25, -0.2) is 0 Å². The van der Waals surface area contributed by atoms with Crippen LogP contribution in [0.1, 0.15) is 17.5 Å². The van der Waals surface area contributed by atoms with Crippen LogP contribution < -0.4 is 5.32 Å². The summed E-state index contributed by atoms with van der Waals surface area (Å²) in [5.74, 6) is -0.285. The van der Waals surface area contributed by atoms with Crippen LogP contribution in [0.5, 0.6) is 0 Å². The Morgan fingerprint density at radius 2 is 2.00 bits per heavy atom. The minimum atomic E-state index is -0.422. The van der Waals surface area contributed by atoms with Gasteiger partial charge < -0.3 is 5.32 Å². The number of hydrogen-bond acceptors (Lipinski definition) is 3. The van der Waals surface area contributed by atoms with E-state index in [1.165, 1.54) is 17.5 Å². The molecule has 1 N–H and O–H groups in total. The largest absolute Gasteiger partial charge is 0.373 e. The predicted octanol–water partition coefficient (Wildman–Crippen LogP) is 1.47. The second-order valence-electron chi connectivity index (χ2n) is 4.51. The fourth-order valence-corrected chi connectivity index (χ4v) is 2.03. The van der Waals surface area contributed by atoms with Crippen LogP contribution >= 0.6 is 0 Å². The monoisotopic (exact) mass is 232 g/mol. The number of carbonyl (C=O) groups excluding carboxylic acids is 2. The van der Waals surface area contributed by atoms with Crippen molar-refractivity contribution in [2.45, 2.75) is 26.3 Å². The van der Waals surface area contributed by atoms with Gasteiger partial charge in [0.15, 0.2) is 0 Å².